The lowest BCUT2D eigenvalue weighted by Gasteiger charge is -2.23. The maximum atomic E-state index is 12.4. The van der Waals surface area contributed by atoms with Crippen LogP contribution in [0.2, 0.25) is 0 Å². The van der Waals surface area contributed by atoms with E-state index in [2.05, 4.69) is 10.0 Å². The Kier molecular flexibility index (Phi) is 6.18. The Morgan fingerprint density at radius 2 is 1.91 bits per heavy atom. The molecule has 0 aliphatic heterocycles. The zero-order valence-electron chi connectivity index (χ0n) is 14.3. The van der Waals surface area contributed by atoms with Crippen LogP contribution >= 0.6 is 0 Å². The van der Waals surface area contributed by atoms with Crippen LogP contribution in [0.15, 0.2) is 23.1 Å². The van der Waals surface area contributed by atoms with Crippen molar-refractivity contribution in [3.63, 3.8) is 0 Å². The highest BCUT2D eigenvalue weighted by Gasteiger charge is 2.22. The van der Waals surface area contributed by atoms with E-state index < -0.39 is 16.0 Å². The van der Waals surface area contributed by atoms with Crippen LogP contribution in [0.3, 0.4) is 0 Å². The van der Waals surface area contributed by atoms with Crippen molar-refractivity contribution in [1.82, 2.24) is 4.72 Å². The maximum absolute atomic E-state index is 12.4. The number of carboxylic acid groups (broad SMARTS) is 1. The number of nitrogens with one attached hydrogen (secondary N) is 2. The number of hydrogen-bond donors (Lipinski definition) is 3. The van der Waals surface area contributed by atoms with Gasteiger partial charge in [-0.25, -0.2) is 17.9 Å². The van der Waals surface area contributed by atoms with Crippen LogP contribution in [0.4, 0.5) is 5.69 Å². The molecule has 0 aliphatic carbocycles. The van der Waals surface area contributed by atoms with Crippen LogP contribution in [0.1, 0.15) is 57.8 Å². The molecule has 1 rings (SSSR count). The largest absolute Gasteiger partial charge is 0.478 e. The van der Waals surface area contributed by atoms with Crippen molar-refractivity contribution in [3.8, 4) is 0 Å². The monoisotopic (exact) mass is 342 g/mol. The van der Waals surface area contributed by atoms with Crippen molar-refractivity contribution in [2.24, 2.45) is 0 Å². The molecule has 0 fully saturated rings. The molecule has 1 aromatic carbocycles. The molecule has 0 saturated carbocycles. The standard InChI is InChI=1S/C16H26N2O4S/c1-6-7-11(2)18-23(21,22)12-8-9-14(17-16(3,4)5)13(10-12)15(19)20/h8-11,17-18H,6-7H2,1-5H3,(H,19,20). The molecule has 0 aliphatic rings. The zero-order valence-corrected chi connectivity index (χ0v) is 15.1. The first kappa shape index (κ1) is 19.4. The summed E-state index contributed by atoms with van der Waals surface area (Å²) in [5.41, 5.74) is -0.00475. The van der Waals surface area contributed by atoms with Gasteiger partial charge in [0.2, 0.25) is 10.0 Å². The summed E-state index contributed by atoms with van der Waals surface area (Å²) in [6, 6.07) is 3.90. The molecule has 0 bridgehead atoms. The van der Waals surface area contributed by atoms with Gasteiger partial charge in [0.25, 0.3) is 0 Å². The molecule has 0 heterocycles. The highest BCUT2D eigenvalue weighted by Crippen LogP contribution is 2.24. The lowest BCUT2D eigenvalue weighted by molar-refractivity contribution is 0.0697. The minimum absolute atomic E-state index is 0.0442. The lowest BCUT2D eigenvalue weighted by Crippen LogP contribution is -2.32. The first-order valence-corrected chi connectivity index (χ1v) is 9.12. The van der Waals surface area contributed by atoms with E-state index in [0.717, 1.165) is 6.42 Å². The van der Waals surface area contributed by atoms with Crippen molar-refractivity contribution in [2.75, 3.05) is 5.32 Å². The number of sulfonamides is 1. The van der Waals surface area contributed by atoms with Crippen molar-refractivity contribution in [3.05, 3.63) is 23.8 Å². The van der Waals surface area contributed by atoms with Gasteiger partial charge in [0, 0.05) is 17.3 Å². The SMILES string of the molecule is CCCC(C)NS(=O)(=O)c1ccc(NC(C)(C)C)c(C(=O)O)c1. The highest BCUT2D eigenvalue weighted by molar-refractivity contribution is 7.89. The fourth-order valence-corrected chi connectivity index (χ4v) is 3.51. The van der Waals surface area contributed by atoms with Crippen LogP contribution in [-0.4, -0.2) is 31.1 Å². The molecule has 0 aromatic heterocycles. The molecule has 0 amide bonds. The Hall–Kier alpha value is -1.60. The van der Waals surface area contributed by atoms with Crippen molar-refractivity contribution in [1.29, 1.82) is 0 Å². The number of benzene rings is 1. The second-order valence-corrected chi connectivity index (χ2v) is 8.41. The fraction of sp³-hybridized carbons (Fsp3) is 0.562. The lowest BCUT2D eigenvalue weighted by atomic mass is 10.1. The molecular weight excluding hydrogens is 316 g/mol. The van der Waals surface area contributed by atoms with Crippen LogP contribution in [0.5, 0.6) is 0 Å². The van der Waals surface area contributed by atoms with Gasteiger partial charge < -0.3 is 10.4 Å². The number of hydrogen-bond acceptors (Lipinski definition) is 4. The zero-order chi connectivity index (χ0) is 17.8. The van der Waals surface area contributed by atoms with Crippen LogP contribution in [0.25, 0.3) is 0 Å². The summed E-state index contributed by atoms with van der Waals surface area (Å²) in [4.78, 5) is 11.4. The quantitative estimate of drug-likeness (QED) is 0.708. The summed E-state index contributed by atoms with van der Waals surface area (Å²) in [5, 5.41) is 12.4. The molecule has 3 N–H and O–H groups in total. The van der Waals surface area contributed by atoms with Gasteiger partial charge in [-0.05, 0) is 52.3 Å². The number of rotatable bonds is 7. The molecule has 0 spiro atoms. The third-order valence-corrected chi connectivity index (χ3v) is 4.71. The predicted octanol–water partition coefficient (Wildman–Crippen LogP) is 3.06. The van der Waals surface area contributed by atoms with Gasteiger partial charge in [-0.15, -0.1) is 0 Å². The minimum atomic E-state index is -3.74. The summed E-state index contributed by atoms with van der Waals surface area (Å²) in [6.45, 7) is 9.46. The summed E-state index contributed by atoms with van der Waals surface area (Å²) in [6.07, 6.45) is 1.58. The number of aromatic carboxylic acids is 1. The van der Waals surface area contributed by atoms with Gasteiger partial charge in [-0.1, -0.05) is 13.3 Å². The van der Waals surface area contributed by atoms with E-state index in [-0.39, 0.29) is 22.0 Å². The molecule has 7 heteroatoms. The second-order valence-electron chi connectivity index (χ2n) is 6.70. The Bertz CT molecular complexity index is 663. The smallest absolute Gasteiger partial charge is 0.337 e. The molecule has 1 atom stereocenters. The van der Waals surface area contributed by atoms with E-state index in [4.69, 9.17) is 0 Å². The normalized spacial score (nSPS) is 13.6. The van der Waals surface area contributed by atoms with E-state index in [1.165, 1.54) is 18.2 Å². The molecule has 1 unspecified atom stereocenters. The predicted molar refractivity (Wildman–Crippen MR) is 91.5 cm³/mol. The van der Waals surface area contributed by atoms with E-state index >= 15 is 0 Å². The summed E-state index contributed by atoms with van der Waals surface area (Å²) in [7, 11) is -3.74. The summed E-state index contributed by atoms with van der Waals surface area (Å²) >= 11 is 0. The molecule has 0 radical (unpaired) electrons. The van der Waals surface area contributed by atoms with Gasteiger partial charge in [0.05, 0.1) is 10.5 Å². The number of anilines is 1. The third kappa shape index (κ3) is 5.84. The average Bonchev–Trinajstić information content (AvgIpc) is 2.36. The van der Waals surface area contributed by atoms with E-state index in [1.54, 1.807) is 6.92 Å². The Labute approximate surface area is 138 Å². The summed E-state index contributed by atoms with van der Waals surface area (Å²) in [5.74, 6) is -1.17. The average molecular weight is 342 g/mol. The van der Waals surface area contributed by atoms with Gasteiger partial charge >= 0.3 is 5.97 Å². The van der Waals surface area contributed by atoms with Crippen molar-refractivity contribution < 1.29 is 18.3 Å². The molecule has 6 nitrogen and oxygen atoms in total. The van der Waals surface area contributed by atoms with Crippen molar-refractivity contribution >= 4 is 21.7 Å². The highest BCUT2D eigenvalue weighted by atomic mass is 32.2. The van der Waals surface area contributed by atoms with E-state index in [9.17, 15) is 18.3 Å². The number of carbonyl (C=O) groups is 1. The first-order chi connectivity index (χ1) is 10.5. The van der Waals surface area contributed by atoms with Crippen LogP contribution in [-0.2, 0) is 10.0 Å². The third-order valence-electron chi connectivity index (χ3n) is 3.12. The Balaban J connectivity index is 3.20. The minimum Gasteiger partial charge on any atom is -0.478 e. The van der Waals surface area contributed by atoms with Crippen LogP contribution < -0.4 is 10.0 Å². The van der Waals surface area contributed by atoms with Gasteiger partial charge in [-0.3, -0.25) is 0 Å². The number of carboxylic acids is 1. The molecule has 1 aromatic rings. The fourth-order valence-electron chi connectivity index (χ4n) is 2.21. The molecular formula is C16H26N2O4S. The summed E-state index contributed by atoms with van der Waals surface area (Å²) < 4.78 is 27.3. The maximum Gasteiger partial charge on any atom is 0.337 e. The van der Waals surface area contributed by atoms with E-state index in [1.807, 2.05) is 27.7 Å². The Morgan fingerprint density at radius 1 is 1.30 bits per heavy atom. The van der Waals surface area contributed by atoms with E-state index in [0.29, 0.717) is 12.1 Å². The molecule has 130 valence electrons. The van der Waals surface area contributed by atoms with Gasteiger partial charge in [-0.2, -0.15) is 0 Å². The van der Waals surface area contributed by atoms with Crippen LogP contribution in [0, 0.1) is 0 Å². The van der Waals surface area contributed by atoms with Crippen molar-refractivity contribution in [2.45, 2.75) is 63.9 Å². The molecule has 23 heavy (non-hydrogen) atoms. The Morgan fingerprint density at radius 3 is 2.39 bits per heavy atom. The topological polar surface area (TPSA) is 95.5 Å². The molecule has 0 saturated heterocycles. The van der Waals surface area contributed by atoms with Gasteiger partial charge in [0.15, 0.2) is 0 Å². The first-order valence-electron chi connectivity index (χ1n) is 7.64. The van der Waals surface area contributed by atoms with Gasteiger partial charge in [0.1, 0.15) is 0 Å². The second kappa shape index (κ2) is 7.31.